The van der Waals surface area contributed by atoms with Crippen LogP contribution in [0.3, 0.4) is 0 Å². The number of hydrogen-bond donors (Lipinski definition) is 2. The van der Waals surface area contributed by atoms with E-state index in [0.29, 0.717) is 26.1 Å². The maximum Gasteiger partial charge on any atom is 0.279 e. The van der Waals surface area contributed by atoms with Gasteiger partial charge in [-0.1, -0.05) is 12.8 Å². The normalized spacial score (nSPS) is 24.7. The molecule has 1 saturated carbocycles. The summed E-state index contributed by atoms with van der Waals surface area (Å²) in [4.78, 5) is 0. The van der Waals surface area contributed by atoms with E-state index in [1.165, 1.54) is 0 Å². The van der Waals surface area contributed by atoms with E-state index >= 15 is 0 Å². The molecule has 0 spiro atoms. The molecule has 1 aliphatic carbocycles. The van der Waals surface area contributed by atoms with Crippen molar-refractivity contribution in [2.45, 2.75) is 44.9 Å². The van der Waals surface area contributed by atoms with Crippen LogP contribution in [-0.2, 0) is 10.2 Å². The predicted octanol–water partition coefficient (Wildman–Crippen LogP) is 0.859. The maximum atomic E-state index is 12.2. The van der Waals surface area contributed by atoms with Crippen molar-refractivity contribution >= 4 is 10.2 Å². The minimum absolute atomic E-state index is 0.0354. The van der Waals surface area contributed by atoms with E-state index in [1.54, 1.807) is 4.31 Å². The van der Waals surface area contributed by atoms with Crippen molar-refractivity contribution in [3.8, 4) is 0 Å². The Kier molecular flexibility index (Phi) is 4.64. The molecule has 2 fully saturated rings. The summed E-state index contributed by atoms with van der Waals surface area (Å²) in [7, 11) is -3.32. The molecule has 1 saturated heterocycles. The topological polar surface area (TPSA) is 69.6 Å². The molecule has 0 bridgehead atoms. The van der Waals surface area contributed by atoms with Crippen molar-refractivity contribution in [3.05, 3.63) is 0 Å². The Bertz CT molecular complexity index is 358. The van der Waals surface area contributed by atoms with Gasteiger partial charge in [-0.25, -0.2) is 4.72 Å². The molecule has 6 heteroatoms. The third kappa shape index (κ3) is 3.66. The smallest absolute Gasteiger partial charge is 0.279 e. The highest BCUT2D eigenvalue weighted by Gasteiger charge is 2.42. The molecule has 0 atom stereocenters. The zero-order valence-corrected chi connectivity index (χ0v) is 11.7. The Balaban J connectivity index is 1.86. The van der Waals surface area contributed by atoms with Gasteiger partial charge in [-0.2, -0.15) is 12.7 Å². The van der Waals surface area contributed by atoms with Gasteiger partial charge in [0.1, 0.15) is 0 Å². The number of aliphatic hydroxyl groups is 1. The third-order valence-electron chi connectivity index (χ3n) is 4.13. The Morgan fingerprint density at radius 1 is 1.11 bits per heavy atom. The first-order valence-electron chi connectivity index (χ1n) is 6.94. The summed E-state index contributed by atoms with van der Waals surface area (Å²) in [6, 6.07) is 0. The van der Waals surface area contributed by atoms with Crippen LogP contribution in [0.1, 0.15) is 44.9 Å². The second-order valence-corrected chi connectivity index (χ2v) is 7.37. The van der Waals surface area contributed by atoms with Crippen molar-refractivity contribution < 1.29 is 13.5 Å². The van der Waals surface area contributed by atoms with E-state index in [4.69, 9.17) is 5.11 Å². The third-order valence-corrected chi connectivity index (χ3v) is 5.69. The summed E-state index contributed by atoms with van der Waals surface area (Å²) in [5.41, 5.74) is 0.0354. The van der Waals surface area contributed by atoms with Gasteiger partial charge in [0.25, 0.3) is 10.2 Å². The van der Waals surface area contributed by atoms with E-state index < -0.39 is 10.2 Å². The number of rotatable bonds is 6. The van der Waals surface area contributed by atoms with Crippen molar-refractivity contribution in [1.29, 1.82) is 0 Å². The molecule has 0 aromatic rings. The van der Waals surface area contributed by atoms with Crippen molar-refractivity contribution in [3.63, 3.8) is 0 Å². The van der Waals surface area contributed by atoms with Gasteiger partial charge in [-0.05, 0) is 37.5 Å². The van der Waals surface area contributed by atoms with Crippen LogP contribution in [0.25, 0.3) is 0 Å². The quantitative estimate of drug-likeness (QED) is 0.756. The van der Waals surface area contributed by atoms with E-state index in [1.807, 2.05) is 0 Å². The molecular weight excluding hydrogens is 252 g/mol. The average molecular weight is 276 g/mol. The molecule has 0 amide bonds. The first kappa shape index (κ1) is 14.2. The number of hydrogen-bond acceptors (Lipinski definition) is 3. The molecule has 0 aromatic carbocycles. The molecule has 1 aliphatic heterocycles. The fraction of sp³-hybridized carbons (Fsp3) is 1.00. The Hall–Kier alpha value is -0.170. The van der Waals surface area contributed by atoms with Crippen LogP contribution in [0.4, 0.5) is 0 Å². The lowest BCUT2D eigenvalue weighted by Crippen LogP contribution is -2.43. The maximum absolute atomic E-state index is 12.2. The fourth-order valence-electron chi connectivity index (χ4n) is 2.55. The first-order valence-corrected chi connectivity index (χ1v) is 8.38. The average Bonchev–Trinajstić information content (AvgIpc) is 3.11. The van der Waals surface area contributed by atoms with Gasteiger partial charge in [0, 0.05) is 26.2 Å². The zero-order valence-electron chi connectivity index (χ0n) is 10.9. The van der Waals surface area contributed by atoms with Gasteiger partial charge >= 0.3 is 0 Å². The van der Waals surface area contributed by atoms with Gasteiger partial charge in [-0.15, -0.1) is 0 Å². The second kappa shape index (κ2) is 5.86. The van der Waals surface area contributed by atoms with Gasteiger partial charge in [0.2, 0.25) is 0 Å². The van der Waals surface area contributed by atoms with Crippen molar-refractivity contribution in [1.82, 2.24) is 9.03 Å². The molecule has 2 aliphatic rings. The summed E-state index contributed by atoms with van der Waals surface area (Å²) >= 11 is 0. The highest BCUT2D eigenvalue weighted by Crippen LogP contribution is 2.48. The highest BCUT2D eigenvalue weighted by atomic mass is 32.2. The van der Waals surface area contributed by atoms with E-state index in [9.17, 15) is 8.42 Å². The van der Waals surface area contributed by atoms with Crippen LogP contribution in [0.2, 0.25) is 0 Å². The minimum Gasteiger partial charge on any atom is -0.396 e. The van der Waals surface area contributed by atoms with Gasteiger partial charge in [-0.3, -0.25) is 0 Å². The minimum atomic E-state index is -3.32. The lowest BCUT2D eigenvalue weighted by molar-refractivity contribution is 0.248. The van der Waals surface area contributed by atoms with Crippen LogP contribution < -0.4 is 4.72 Å². The number of nitrogens with one attached hydrogen (secondary N) is 1. The van der Waals surface area contributed by atoms with E-state index in [-0.39, 0.29) is 12.0 Å². The highest BCUT2D eigenvalue weighted by molar-refractivity contribution is 7.87. The molecule has 1 heterocycles. The lowest BCUT2D eigenvalue weighted by atomic mass is 10.0. The second-order valence-electron chi connectivity index (χ2n) is 5.61. The molecule has 2 rings (SSSR count). The number of aliphatic hydroxyl groups excluding tert-OH is 1. The van der Waals surface area contributed by atoms with Crippen LogP contribution in [0, 0.1) is 5.41 Å². The van der Waals surface area contributed by atoms with Crippen LogP contribution in [0.15, 0.2) is 0 Å². The summed E-state index contributed by atoms with van der Waals surface area (Å²) < 4.78 is 28.6. The number of nitrogens with zero attached hydrogens (tertiary/aromatic N) is 1. The van der Waals surface area contributed by atoms with Crippen LogP contribution >= 0.6 is 0 Å². The Labute approximate surface area is 110 Å². The standard InChI is InChI=1S/C12H24N2O3S/c15-10-7-12(5-6-12)11-13-18(16,17)14-8-3-1-2-4-9-14/h13,15H,1-11H2. The summed E-state index contributed by atoms with van der Waals surface area (Å²) in [5.74, 6) is 0. The van der Waals surface area contributed by atoms with Crippen molar-refractivity contribution in [2.75, 3.05) is 26.2 Å². The molecule has 0 unspecified atom stereocenters. The van der Waals surface area contributed by atoms with Crippen LogP contribution in [-0.4, -0.2) is 44.1 Å². The largest absolute Gasteiger partial charge is 0.396 e. The Morgan fingerprint density at radius 3 is 2.22 bits per heavy atom. The Morgan fingerprint density at radius 2 is 1.72 bits per heavy atom. The van der Waals surface area contributed by atoms with E-state index in [2.05, 4.69) is 4.72 Å². The molecule has 2 N–H and O–H groups in total. The van der Waals surface area contributed by atoms with Crippen molar-refractivity contribution in [2.24, 2.45) is 5.41 Å². The van der Waals surface area contributed by atoms with E-state index in [0.717, 1.165) is 38.5 Å². The summed E-state index contributed by atoms with van der Waals surface area (Å²) in [6.45, 7) is 1.91. The summed E-state index contributed by atoms with van der Waals surface area (Å²) in [6.07, 6.45) is 6.92. The molecule has 18 heavy (non-hydrogen) atoms. The molecular formula is C12H24N2O3S. The summed E-state index contributed by atoms with van der Waals surface area (Å²) in [5, 5.41) is 8.97. The van der Waals surface area contributed by atoms with Crippen LogP contribution in [0.5, 0.6) is 0 Å². The molecule has 106 valence electrons. The molecule has 0 aromatic heterocycles. The zero-order chi connectivity index (χ0) is 13.1. The SMILES string of the molecule is O=S(=O)(NCC1(CCO)CC1)N1CCCCCC1. The fourth-order valence-corrected chi connectivity index (χ4v) is 3.96. The molecule has 5 nitrogen and oxygen atoms in total. The predicted molar refractivity (Wildman–Crippen MR) is 70.3 cm³/mol. The van der Waals surface area contributed by atoms with Gasteiger partial charge in [0.15, 0.2) is 0 Å². The monoisotopic (exact) mass is 276 g/mol. The first-order chi connectivity index (χ1) is 8.58. The van der Waals surface area contributed by atoms with Gasteiger partial charge in [0.05, 0.1) is 0 Å². The van der Waals surface area contributed by atoms with Gasteiger partial charge < -0.3 is 5.11 Å². The lowest BCUT2D eigenvalue weighted by Gasteiger charge is -2.22. The molecule has 0 radical (unpaired) electrons.